The molecule has 0 aliphatic rings. The molecule has 1 nitrogen and oxygen atoms in total. The highest BCUT2D eigenvalue weighted by molar-refractivity contribution is 5.64. The van der Waals surface area contributed by atoms with Gasteiger partial charge in [0.1, 0.15) is 0 Å². The largest absolute Gasteiger partial charge is 0.384 e. The standard InChI is InChI=1S/C17H18O/c1-2-3-12-17(18)16-11-7-10-15(13-16)14-8-5-4-6-9-14/h3-13,17-18H,2H2,1H3/b12-3-. The minimum atomic E-state index is -0.520. The fourth-order valence-electron chi connectivity index (χ4n) is 1.91. The van der Waals surface area contributed by atoms with Crippen LogP contribution in [-0.2, 0) is 0 Å². The Labute approximate surface area is 108 Å². The van der Waals surface area contributed by atoms with Crippen LogP contribution in [0.15, 0.2) is 66.7 Å². The van der Waals surface area contributed by atoms with Crippen molar-refractivity contribution in [3.63, 3.8) is 0 Å². The maximum atomic E-state index is 10.0. The summed E-state index contributed by atoms with van der Waals surface area (Å²) in [5.74, 6) is 0. The zero-order valence-corrected chi connectivity index (χ0v) is 10.6. The topological polar surface area (TPSA) is 20.2 Å². The molecule has 2 aromatic rings. The van der Waals surface area contributed by atoms with E-state index in [-0.39, 0.29) is 0 Å². The maximum absolute atomic E-state index is 10.0. The van der Waals surface area contributed by atoms with Crippen LogP contribution < -0.4 is 0 Å². The van der Waals surface area contributed by atoms with Crippen LogP contribution in [-0.4, -0.2) is 5.11 Å². The minimum absolute atomic E-state index is 0.520. The molecule has 2 rings (SSSR count). The second-order valence-electron chi connectivity index (χ2n) is 4.27. The van der Waals surface area contributed by atoms with Crippen LogP contribution in [0.4, 0.5) is 0 Å². The first-order valence-electron chi connectivity index (χ1n) is 6.31. The fourth-order valence-corrected chi connectivity index (χ4v) is 1.91. The van der Waals surface area contributed by atoms with Gasteiger partial charge in [-0.05, 0) is 29.2 Å². The van der Waals surface area contributed by atoms with E-state index in [1.165, 1.54) is 5.56 Å². The molecule has 0 spiro atoms. The van der Waals surface area contributed by atoms with E-state index in [0.717, 1.165) is 17.5 Å². The van der Waals surface area contributed by atoms with Crippen molar-refractivity contribution < 1.29 is 5.11 Å². The summed E-state index contributed by atoms with van der Waals surface area (Å²) in [6, 6.07) is 18.3. The molecule has 0 saturated heterocycles. The van der Waals surface area contributed by atoms with E-state index in [1.807, 2.05) is 48.6 Å². The van der Waals surface area contributed by atoms with E-state index in [4.69, 9.17) is 0 Å². The summed E-state index contributed by atoms with van der Waals surface area (Å²) in [5.41, 5.74) is 3.24. The lowest BCUT2D eigenvalue weighted by atomic mass is 10.0. The van der Waals surface area contributed by atoms with Gasteiger partial charge in [0.05, 0.1) is 6.10 Å². The second-order valence-corrected chi connectivity index (χ2v) is 4.27. The lowest BCUT2D eigenvalue weighted by molar-refractivity contribution is 0.228. The summed E-state index contributed by atoms with van der Waals surface area (Å²) in [6.45, 7) is 2.06. The average molecular weight is 238 g/mol. The zero-order valence-electron chi connectivity index (χ0n) is 10.6. The van der Waals surface area contributed by atoms with Gasteiger partial charge in [-0.3, -0.25) is 0 Å². The van der Waals surface area contributed by atoms with Crippen molar-refractivity contribution in [1.82, 2.24) is 0 Å². The third-order valence-electron chi connectivity index (χ3n) is 2.89. The maximum Gasteiger partial charge on any atom is 0.0972 e. The number of rotatable bonds is 4. The van der Waals surface area contributed by atoms with E-state index in [1.54, 1.807) is 0 Å². The quantitative estimate of drug-likeness (QED) is 0.785. The third kappa shape index (κ3) is 3.08. The van der Waals surface area contributed by atoms with E-state index in [2.05, 4.69) is 25.1 Å². The molecular formula is C17H18O. The van der Waals surface area contributed by atoms with Crippen LogP contribution in [0.25, 0.3) is 11.1 Å². The highest BCUT2D eigenvalue weighted by atomic mass is 16.3. The van der Waals surface area contributed by atoms with E-state index >= 15 is 0 Å². The Bertz CT molecular complexity index is 514. The Kier molecular flexibility index (Phi) is 4.32. The van der Waals surface area contributed by atoms with E-state index < -0.39 is 6.10 Å². The lowest BCUT2D eigenvalue weighted by Gasteiger charge is -2.08. The Balaban J connectivity index is 2.28. The Morgan fingerprint density at radius 1 is 1.00 bits per heavy atom. The second kappa shape index (κ2) is 6.18. The first kappa shape index (κ1) is 12.6. The number of aliphatic hydroxyl groups excluding tert-OH is 1. The third-order valence-corrected chi connectivity index (χ3v) is 2.89. The van der Waals surface area contributed by atoms with Crippen molar-refractivity contribution in [2.45, 2.75) is 19.4 Å². The average Bonchev–Trinajstić information content (AvgIpc) is 2.46. The summed E-state index contributed by atoms with van der Waals surface area (Å²) < 4.78 is 0. The van der Waals surface area contributed by atoms with Gasteiger partial charge in [0.25, 0.3) is 0 Å². The van der Waals surface area contributed by atoms with Crippen LogP contribution >= 0.6 is 0 Å². The molecule has 1 unspecified atom stereocenters. The predicted molar refractivity (Wildman–Crippen MR) is 76.3 cm³/mol. The molecule has 0 amide bonds. The summed E-state index contributed by atoms with van der Waals surface area (Å²) in [4.78, 5) is 0. The van der Waals surface area contributed by atoms with Crippen LogP contribution in [0.5, 0.6) is 0 Å². The minimum Gasteiger partial charge on any atom is -0.384 e. The van der Waals surface area contributed by atoms with Crippen molar-refractivity contribution in [2.24, 2.45) is 0 Å². The van der Waals surface area contributed by atoms with Gasteiger partial charge in [-0.25, -0.2) is 0 Å². The van der Waals surface area contributed by atoms with Gasteiger partial charge in [0.15, 0.2) is 0 Å². The van der Waals surface area contributed by atoms with Crippen molar-refractivity contribution in [1.29, 1.82) is 0 Å². The number of benzene rings is 2. The van der Waals surface area contributed by atoms with Crippen LogP contribution in [0.1, 0.15) is 25.0 Å². The molecule has 0 aliphatic carbocycles. The molecule has 0 aliphatic heterocycles. The van der Waals surface area contributed by atoms with Crippen molar-refractivity contribution in [3.8, 4) is 11.1 Å². The van der Waals surface area contributed by atoms with Gasteiger partial charge in [-0.1, -0.05) is 67.6 Å². The lowest BCUT2D eigenvalue weighted by Crippen LogP contribution is -1.93. The highest BCUT2D eigenvalue weighted by Gasteiger charge is 2.04. The van der Waals surface area contributed by atoms with Gasteiger partial charge < -0.3 is 5.11 Å². The molecule has 0 radical (unpaired) electrons. The van der Waals surface area contributed by atoms with Gasteiger partial charge in [-0.15, -0.1) is 0 Å². The van der Waals surface area contributed by atoms with Gasteiger partial charge in [-0.2, -0.15) is 0 Å². The molecular weight excluding hydrogens is 220 g/mol. The van der Waals surface area contributed by atoms with Crippen LogP contribution in [0.3, 0.4) is 0 Å². The Morgan fingerprint density at radius 3 is 2.44 bits per heavy atom. The molecule has 2 aromatic carbocycles. The number of hydrogen-bond donors (Lipinski definition) is 1. The zero-order chi connectivity index (χ0) is 12.8. The number of allylic oxidation sites excluding steroid dienone is 1. The number of aliphatic hydroxyl groups is 1. The molecule has 1 heteroatoms. The van der Waals surface area contributed by atoms with Crippen LogP contribution in [0, 0.1) is 0 Å². The monoisotopic (exact) mass is 238 g/mol. The molecule has 18 heavy (non-hydrogen) atoms. The summed E-state index contributed by atoms with van der Waals surface area (Å²) in [7, 11) is 0. The molecule has 0 saturated carbocycles. The van der Waals surface area contributed by atoms with Crippen molar-refractivity contribution in [3.05, 3.63) is 72.3 Å². The van der Waals surface area contributed by atoms with Crippen molar-refractivity contribution >= 4 is 0 Å². The number of hydrogen-bond acceptors (Lipinski definition) is 1. The highest BCUT2D eigenvalue weighted by Crippen LogP contribution is 2.23. The molecule has 0 bridgehead atoms. The first-order valence-corrected chi connectivity index (χ1v) is 6.31. The smallest absolute Gasteiger partial charge is 0.0972 e. The first-order chi connectivity index (χ1) is 8.81. The SMILES string of the molecule is CC/C=C\C(O)c1cccc(-c2ccccc2)c1. The molecule has 0 aromatic heterocycles. The van der Waals surface area contributed by atoms with Crippen molar-refractivity contribution in [2.75, 3.05) is 0 Å². The van der Waals surface area contributed by atoms with Gasteiger partial charge in [0, 0.05) is 0 Å². The van der Waals surface area contributed by atoms with E-state index in [0.29, 0.717) is 0 Å². The Morgan fingerprint density at radius 2 is 1.72 bits per heavy atom. The molecule has 1 atom stereocenters. The van der Waals surface area contributed by atoms with Gasteiger partial charge in [0.2, 0.25) is 0 Å². The summed E-state index contributed by atoms with van der Waals surface area (Å²) >= 11 is 0. The Hall–Kier alpha value is -1.86. The molecule has 1 N–H and O–H groups in total. The van der Waals surface area contributed by atoms with Crippen LogP contribution in [0.2, 0.25) is 0 Å². The summed E-state index contributed by atoms with van der Waals surface area (Å²) in [6.07, 6.45) is 4.24. The predicted octanol–water partition coefficient (Wildman–Crippen LogP) is 4.35. The van der Waals surface area contributed by atoms with E-state index in [9.17, 15) is 5.11 Å². The molecule has 92 valence electrons. The van der Waals surface area contributed by atoms with Gasteiger partial charge >= 0.3 is 0 Å². The molecule has 0 heterocycles. The fraction of sp³-hybridized carbons (Fsp3) is 0.176. The summed E-state index contributed by atoms with van der Waals surface area (Å²) in [5, 5.41) is 10.0. The molecule has 0 fully saturated rings. The normalized spacial score (nSPS) is 12.8.